The molecule has 10 aromatic carbocycles. The Morgan fingerprint density at radius 2 is 0.707 bits per heavy atom. The normalized spacial score (nSPS) is 12.1. The second-order valence-electron chi connectivity index (χ2n) is 15.6. The summed E-state index contributed by atoms with van der Waals surface area (Å²) >= 11 is 0. The molecule has 2 heterocycles. The fourth-order valence-corrected chi connectivity index (χ4v) is 10.2. The van der Waals surface area contributed by atoms with Gasteiger partial charge in [0.1, 0.15) is 0 Å². The Labute approximate surface area is 335 Å². The molecule has 2 aromatic heterocycles. The molecule has 2 heteroatoms. The molecule has 2 nitrogen and oxygen atoms in total. The van der Waals surface area contributed by atoms with Crippen LogP contribution in [0.1, 0.15) is 0 Å². The van der Waals surface area contributed by atoms with Gasteiger partial charge < -0.3 is 9.13 Å². The quantitative estimate of drug-likeness (QED) is 0.170. The van der Waals surface area contributed by atoms with E-state index >= 15 is 0 Å². The first-order valence-corrected chi connectivity index (χ1v) is 20.1. The summed E-state index contributed by atoms with van der Waals surface area (Å²) < 4.78 is 4.85. The van der Waals surface area contributed by atoms with Crippen molar-refractivity contribution < 1.29 is 0 Å². The number of aromatic nitrogens is 2. The van der Waals surface area contributed by atoms with Crippen LogP contribution < -0.4 is 0 Å². The maximum absolute atomic E-state index is 2.47. The minimum atomic E-state index is 1.17. The average Bonchev–Trinajstić information content (AvgIpc) is 3.93. The Bertz CT molecular complexity index is 3650. The number of rotatable bonds is 4. The summed E-state index contributed by atoms with van der Waals surface area (Å²) in [6.07, 6.45) is 0. The molecule has 268 valence electrons. The molecule has 0 saturated carbocycles. The Kier molecular flexibility index (Phi) is 6.47. The van der Waals surface area contributed by atoms with Crippen molar-refractivity contribution in [1.82, 2.24) is 9.13 Å². The lowest BCUT2D eigenvalue weighted by molar-refractivity contribution is 1.18. The molecule has 0 unspecified atom stereocenters. The van der Waals surface area contributed by atoms with Crippen molar-refractivity contribution in [3.8, 4) is 55.9 Å². The summed E-state index contributed by atoms with van der Waals surface area (Å²) in [6, 6.07) is 76.2. The molecule has 0 radical (unpaired) electrons. The van der Waals surface area contributed by atoms with Crippen LogP contribution in [0.4, 0.5) is 0 Å². The highest BCUT2D eigenvalue weighted by atomic mass is 15.0. The van der Waals surface area contributed by atoms with Gasteiger partial charge in [0.25, 0.3) is 0 Å². The SMILES string of the molecule is c1ccc(-n2c3ccccc3c3cc(-c4ccc5c(c4)c4ccccc4n5-c4ccc(-c5ccc6c7c(cccc57)-c5ccccc5-6)c5ccccc45)ccc32)cc1. The highest BCUT2D eigenvalue weighted by molar-refractivity contribution is 6.21. The monoisotopic (exact) mass is 734 g/mol. The maximum Gasteiger partial charge on any atom is 0.0541 e. The van der Waals surface area contributed by atoms with Crippen molar-refractivity contribution in [2.24, 2.45) is 0 Å². The number of hydrogen-bond acceptors (Lipinski definition) is 0. The topological polar surface area (TPSA) is 9.86 Å². The van der Waals surface area contributed by atoms with E-state index < -0.39 is 0 Å². The summed E-state index contributed by atoms with van der Waals surface area (Å²) in [5.41, 5.74) is 17.5. The highest BCUT2D eigenvalue weighted by Gasteiger charge is 2.24. The Hall–Kier alpha value is -7.68. The molecular weight excluding hydrogens is 701 g/mol. The third-order valence-corrected chi connectivity index (χ3v) is 12.7. The summed E-state index contributed by atoms with van der Waals surface area (Å²) in [5.74, 6) is 0. The van der Waals surface area contributed by atoms with E-state index in [0.29, 0.717) is 0 Å². The Balaban J connectivity index is 0.986. The van der Waals surface area contributed by atoms with Gasteiger partial charge in [-0.05, 0) is 115 Å². The molecule has 0 aliphatic heterocycles. The zero-order valence-corrected chi connectivity index (χ0v) is 31.5. The van der Waals surface area contributed by atoms with E-state index in [-0.39, 0.29) is 0 Å². The molecule has 0 fully saturated rings. The molecule has 0 amide bonds. The van der Waals surface area contributed by atoms with Gasteiger partial charge in [0.2, 0.25) is 0 Å². The maximum atomic E-state index is 2.47. The number of para-hydroxylation sites is 3. The van der Waals surface area contributed by atoms with Crippen LogP contribution in [0.15, 0.2) is 206 Å². The molecule has 1 aliphatic rings. The van der Waals surface area contributed by atoms with Gasteiger partial charge in [0.15, 0.2) is 0 Å². The molecule has 13 rings (SSSR count). The van der Waals surface area contributed by atoms with Crippen LogP contribution in [0, 0.1) is 0 Å². The molecule has 12 aromatic rings. The van der Waals surface area contributed by atoms with E-state index in [1.165, 1.54) is 121 Å². The zero-order chi connectivity index (χ0) is 37.9. The van der Waals surface area contributed by atoms with Crippen molar-refractivity contribution in [3.63, 3.8) is 0 Å². The zero-order valence-electron chi connectivity index (χ0n) is 31.5. The van der Waals surface area contributed by atoms with E-state index in [4.69, 9.17) is 0 Å². The Morgan fingerprint density at radius 1 is 0.241 bits per heavy atom. The van der Waals surface area contributed by atoms with Crippen LogP contribution in [-0.2, 0) is 0 Å². The fraction of sp³-hybridized carbons (Fsp3) is 0. The van der Waals surface area contributed by atoms with Gasteiger partial charge in [-0.2, -0.15) is 0 Å². The van der Waals surface area contributed by atoms with Gasteiger partial charge in [-0.1, -0.05) is 152 Å². The second-order valence-corrected chi connectivity index (χ2v) is 15.6. The van der Waals surface area contributed by atoms with Crippen LogP contribution in [0.2, 0.25) is 0 Å². The minimum absolute atomic E-state index is 1.17. The molecule has 1 aliphatic carbocycles. The first-order chi connectivity index (χ1) is 28.8. The largest absolute Gasteiger partial charge is 0.309 e. The van der Waals surface area contributed by atoms with Gasteiger partial charge in [-0.3, -0.25) is 0 Å². The molecule has 0 bridgehead atoms. The van der Waals surface area contributed by atoms with Crippen LogP contribution in [0.3, 0.4) is 0 Å². The molecule has 0 atom stereocenters. The highest BCUT2D eigenvalue weighted by Crippen LogP contribution is 2.50. The molecular formula is C56H34N2. The first kappa shape index (κ1) is 31.5. The number of nitrogens with zero attached hydrogens (tertiary/aromatic N) is 2. The molecule has 58 heavy (non-hydrogen) atoms. The lowest BCUT2D eigenvalue weighted by Gasteiger charge is -2.16. The smallest absolute Gasteiger partial charge is 0.0541 e. The van der Waals surface area contributed by atoms with Gasteiger partial charge in [-0.25, -0.2) is 0 Å². The van der Waals surface area contributed by atoms with Gasteiger partial charge in [-0.15, -0.1) is 0 Å². The summed E-state index contributed by atoms with van der Waals surface area (Å²) in [7, 11) is 0. The van der Waals surface area contributed by atoms with E-state index in [2.05, 4.69) is 215 Å². The first-order valence-electron chi connectivity index (χ1n) is 20.1. The standard InChI is InChI=1S/C56H34N2/c1-2-13-37(14-3-1)57-51-23-10-8-19-44(51)49-33-35(25-30-54(49)57)36-26-31-55-50(34-36)45-20-9-11-24-52(45)58(55)53-32-29-41(38-15-6-7-18-43(38)53)42-27-28-48-40-17-5-4-16-39(40)46-21-12-22-47(42)56(46)48/h1-34H. The molecule has 0 N–H and O–H groups in total. The third-order valence-electron chi connectivity index (χ3n) is 12.7. The number of hydrogen-bond donors (Lipinski definition) is 0. The average molecular weight is 735 g/mol. The molecule has 0 spiro atoms. The summed E-state index contributed by atoms with van der Waals surface area (Å²) in [6.45, 7) is 0. The van der Waals surface area contributed by atoms with E-state index in [0.717, 1.165) is 0 Å². The summed E-state index contributed by atoms with van der Waals surface area (Å²) in [5, 5.41) is 10.2. The third kappa shape index (κ3) is 4.32. The van der Waals surface area contributed by atoms with Crippen LogP contribution in [0.5, 0.6) is 0 Å². The second kappa shape index (κ2) is 11.9. The van der Waals surface area contributed by atoms with Gasteiger partial charge in [0, 0.05) is 32.6 Å². The van der Waals surface area contributed by atoms with Crippen molar-refractivity contribution >= 4 is 65.2 Å². The van der Waals surface area contributed by atoms with Crippen molar-refractivity contribution in [3.05, 3.63) is 206 Å². The predicted octanol–water partition coefficient (Wildman–Crippen LogP) is 15.2. The van der Waals surface area contributed by atoms with Crippen LogP contribution in [0.25, 0.3) is 121 Å². The number of benzene rings is 10. The van der Waals surface area contributed by atoms with Crippen LogP contribution >= 0.6 is 0 Å². The minimum Gasteiger partial charge on any atom is -0.309 e. The predicted molar refractivity (Wildman–Crippen MR) is 245 cm³/mol. The van der Waals surface area contributed by atoms with Crippen molar-refractivity contribution in [2.75, 3.05) is 0 Å². The number of fused-ring (bicyclic) bond motifs is 10. The summed E-state index contributed by atoms with van der Waals surface area (Å²) in [4.78, 5) is 0. The van der Waals surface area contributed by atoms with E-state index in [1.807, 2.05) is 0 Å². The van der Waals surface area contributed by atoms with E-state index in [9.17, 15) is 0 Å². The van der Waals surface area contributed by atoms with E-state index in [1.54, 1.807) is 0 Å². The van der Waals surface area contributed by atoms with Gasteiger partial charge in [0.05, 0.1) is 27.8 Å². The van der Waals surface area contributed by atoms with Crippen molar-refractivity contribution in [1.29, 1.82) is 0 Å². The Morgan fingerprint density at radius 3 is 1.41 bits per heavy atom. The van der Waals surface area contributed by atoms with Crippen molar-refractivity contribution in [2.45, 2.75) is 0 Å². The lowest BCUT2D eigenvalue weighted by atomic mass is 9.91. The lowest BCUT2D eigenvalue weighted by Crippen LogP contribution is -1.96. The van der Waals surface area contributed by atoms with Gasteiger partial charge >= 0.3 is 0 Å². The molecule has 0 saturated heterocycles. The fourth-order valence-electron chi connectivity index (χ4n) is 10.2. The van der Waals surface area contributed by atoms with Crippen LogP contribution in [-0.4, -0.2) is 9.13 Å².